The third-order valence-corrected chi connectivity index (χ3v) is 5.19. The highest BCUT2D eigenvalue weighted by molar-refractivity contribution is 7.86. The van der Waals surface area contributed by atoms with Crippen molar-refractivity contribution < 1.29 is 17.9 Å². The Bertz CT molecular complexity index is 668. The maximum absolute atomic E-state index is 12.5. The first-order valence-corrected chi connectivity index (χ1v) is 8.77. The number of benzene rings is 1. The third-order valence-electron chi connectivity index (χ3n) is 4.10. The summed E-state index contributed by atoms with van der Waals surface area (Å²) in [6.45, 7) is 1.15. The fraction of sp³-hybridized carbons (Fsp3) is 0.500. The number of ether oxygens (including phenoxy) is 1. The lowest BCUT2D eigenvalue weighted by Crippen LogP contribution is -2.55. The molecule has 2 heterocycles. The molecule has 2 aliphatic rings. The molecule has 2 N–H and O–H groups in total. The monoisotopic (exact) mass is 325 g/mol. The van der Waals surface area contributed by atoms with Crippen LogP contribution in [-0.2, 0) is 21.4 Å². The molecule has 0 saturated carbocycles. The number of nitrogens with two attached hydrogens (primary N) is 1. The molecule has 0 aromatic heterocycles. The summed E-state index contributed by atoms with van der Waals surface area (Å²) in [6.07, 6.45) is 0.963. The van der Waals surface area contributed by atoms with Gasteiger partial charge in [-0.25, -0.2) is 5.14 Å². The van der Waals surface area contributed by atoms with Gasteiger partial charge >= 0.3 is 0 Å². The number of piperazine rings is 1. The molecule has 8 heteroatoms. The van der Waals surface area contributed by atoms with Crippen molar-refractivity contribution in [1.29, 1.82) is 0 Å². The molecular weight excluding hydrogens is 306 g/mol. The van der Waals surface area contributed by atoms with Crippen molar-refractivity contribution in [2.24, 2.45) is 5.14 Å². The van der Waals surface area contributed by atoms with Gasteiger partial charge in [0.2, 0.25) is 0 Å². The van der Waals surface area contributed by atoms with Crippen molar-refractivity contribution >= 4 is 16.1 Å². The highest BCUT2D eigenvalue weighted by Gasteiger charge is 2.33. The van der Waals surface area contributed by atoms with E-state index in [0.29, 0.717) is 19.5 Å². The Morgan fingerprint density at radius 3 is 2.55 bits per heavy atom. The van der Waals surface area contributed by atoms with Crippen LogP contribution in [0.5, 0.6) is 5.75 Å². The summed E-state index contributed by atoms with van der Waals surface area (Å²) in [5.41, 5.74) is 1.12. The minimum atomic E-state index is -3.68. The second kappa shape index (κ2) is 5.86. The van der Waals surface area contributed by atoms with Gasteiger partial charge in [-0.1, -0.05) is 18.2 Å². The second-order valence-electron chi connectivity index (χ2n) is 5.52. The lowest BCUT2D eigenvalue weighted by Gasteiger charge is -2.36. The summed E-state index contributed by atoms with van der Waals surface area (Å²) in [7, 11) is -3.68. The van der Waals surface area contributed by atoms with Crippen molar-refractivity contribution in [2.75, 3.05) is 26.2 Å². The average molecular weight is 325 g/mol. The minimum Gasteiger partial charge on any atom is -0.480 e. The van der Waals surface area contributed by atoms with Gasteiger partial charge in [0.1, 0.15) is 5.75 Å². The maximum Gasteiger partial charge on any atom is 0.277 e. The van der Waals surface area contributed by atoms with E-state index >= 15 is 0 Å². The van der Waals surface area contributed by atoms with E-state index in [2.05, 4.69) is 0 Å². The number of aryl methyl sites for hydroxylation is 1. The van der Waals surface area contributed by atoms with Crippen molar-refractivity contribution in [3.63, 3.8) is 0 Å². The third kappa shape index (κ3) is 3.08. The van der Waals surface area contributed by atoms with Crippen LogP contribution < -0.4 is 9.88 Å². The zero-order valence-electron chi connectivity index (χ0n) is 12.1. The van der Waals surface area contributed by atoms with Crippen LogP contribution >= 0.6 is 0 Å². The largest absolute Gasteiger partial charge is 0.480 e. The number of carbonyl (C=O) groups is 1. The Morgan fingerprint density at radius 2 is 1.86 bits per heavy atom. The number of fused-ring (bicyclic) bond motifs is 1. The van der Waals surface area contributed by atoms with Crippen LogP contribution in [0.15, 0.2) is 24.3 Å². The fourth-order valence-corrected chi connectivity index (χ4v) is 3.54. The van der Waals surface area contributed by atoms with Gasteiger partial charge < -0.3 is 9.64 Å². The van der Waals surface area contributed by atoms with E-state index in [1.165, 1.54) is 4.31 Å². The van der Waals surface area contributed by atoms with Gasteiger partial charge in [-0.3, -0.25) is 4.79 Å². The highest BCUT2D eigenvalue weighted by Crippen LogP contribution is 2.28. The Hall–Kier alpha value is -1.64. The Balaban J connectivity index is 1.62. The van der Waals surface area contributed by atoms with E-state index in [1.807, 2.05) is 24.3 Å². The summed E-state index contributed by atoms with van der Waals surface area (Å²) >= 11 is 0. The molecule has 7 nitrogen and oxygen atoms in total. The van der Waals surface area contributed by atoms with Crippen LogP contribution in [-0.4, -0.2) is 55.8 Å². The predicted molar refractivity (Wildman–Crippen MR) is 80.4 cm³/mol. The number of carbonyl (C=O) groups excluding carboxylic acids is 1. The molecule has 1 saturated heterocycles. The van der Waals surface area contributed by atoms with Crippen molar-refractivity contribution in [2.45, 2.75) is 18.9 Å². The predicted octanol–water partition coefficient (Wildman–Crippen LogP) is -0.272. The van der Waals surface area contributed by atoms with E-state index in [-0.39, 0.29) is 19.0 Å². The summed E-state index contributed by atoms with van der Waals surface area (Å²) in [4.78, 5) is 14.2. The minimum absolute atomic E-state index is 0.0800. The lowest BCUT2D eigenvalue weighted by atomic mass is 10.0. The van der Waals surface area contributed by atoms with E-state index in [4.69, 9.17) is 9.88 Å². The van der Waals surface area contributed by atoms with Gasteiger partial charge in [0, 0.05) is 26.2 Å². The second-order valence-corrected chi connectivity index (χ2v) is 7.07. The van der Waals surface area contributed by atoms with Crippen LogP contribution in [0.3, 0.4) is 0 Å². The summed E-state index contributed by atoms with van der Waals surface area (Å²) < 4.78 is 29.5. The number of para-hydroxylation sites is 1. The Kier molecular flexibility index (Phi) is 4.07. The molecule has 1 fully saturated rings. The SMILES string of the molecule is NS(=O)(=O)N1CCN(C(=O)[C@@H]2CCc3ccccc3O2)CC1. The number of nitrogens with zero attached hydrogens (tertiary/aromatic N) is 2. The number of amides is 1. The molecule has 1 amide bonds. The summed E-state index contributed by atoms with van der Waals surface area (Å²) in [5.74, 6) is 0.679. The van der Waals surface area contributed by atoms with E-state index in [1.54, 1.807) is 4.90 Å². The number of hydrogen-bond acceptors (Lipinski definition) is 4. The topological polar surface area (TPSA) is 92.9 Å². The maximum atomic E-state index is 12.5. The Morgan fingerprint density at radius 1 is 1.18 bits per heavy atom. The molecule has 1 aromatic rings. The van der Waals surface area contributed by atoms with Crippen LogP contribution in [0.4, 0.5) is 0 Å². The first-order valence-electron chi connectivity index (χ1n) is 7.26. The standard InChI is InChI=1S/C14H19N3O4S/c15-22(19,20)17-9-7-16(8-10-17)14(18)13-6-5-11-3-1-2-4-12(11)21-13/h1-4,13H,5-10H2,(H2,15,19,20)/t13-/m0/s1. The molecule has 1 atom stereocenters. The zero-order valence-corrected chi connectivity index (χ0v) is 13.0. The van der Waals surface area contributed by atoms with Gasteiger partial charge in [-0.05, 0) is 24.5 Å². The summed E-state index contributed by atoms with van der Waals surface area (Å²) in [5, 5.41) is 5.10. The van der Waals surface area contributed by atoms with Gasteiger partial charge in [0.25, 0.3) is 16.1 Å². The van der Waals surface area contributed by atoms with Crippen molar-refractivity contribution in [3.05, 3.63) is 29.8 Å². The van der Waals surface area contributed by atoms with E-state index < -0.39 is 16.3 Å². The molecule has 0 bridgehead atoms. The number of rotatable bonds is 2. The molecule has 0 unspecified atom stereocenters. The molecule has 3 rings (SSSR count). The van der Waals surface area contributed by atoms with Gasteiger partial charge in [0.05, 0.1) is 0 Å². The molecule has 120 valence electrons. The Labute approximate surface area is 129 Å². The normalized spacial score (nSPS) is 22.8. The van der Waals surface area contributed by atoms with Crippen LogP contribution in [0.25, 0.3) is 0 Å². The molecule has 22 heavy (non-hydrogen) atoms. The molecule has 2 aliphatic heterocycles. The van der Waals surface area contributed by atoms with E-state index in [9.17, 15) is 13.2 Å². The zero-order chi connectivity index (χ0) is 15.7. The lowest BCUT2D eigenvalue weighted by molar-refractivity contribution is -0.140. The van der Waals surface area contributed by atoms with Gasteiger partial charge in [0.15, 0.2) is 6.10 Å². The van der Waals surface area contributed by atoms with Crippen LogP contribution in [0.2, 0.25) is 0 Å². The first-order chi connectivity index (χ1) is 10.4. The smallest absolute Gasteiger partial charge is 0.277 e. The molecular formula is C14H19N3O4S. The van der Waals surface area contributed by atoms with Crippen LogP contribution in [0, 0.1) is 0 Å². The fourth-order valence-electron chi connectivity index (χ4n) is 2.86. The van der Waals surface area contributed by atoms with Crippen LogP contribution in [0.1, 0.15) is 12.0 Å². The average Bonchev–Trinajstić information content (AvgIpc) is 2.53. The molecule has 0 aliphatic carbocycles. The quantitative estimate of drug-likeness (QED) is 0.810. The van der Waals surface area contributed by atoms with Gasteiger partial charge in [-0.15, -0.1) is 0 Å². The molecule has 0 radical (unpaired) electrons. The molecule has 0 spiro atoms. The molecule has 1 aromatic carbocycles. The summed E-state index contributed by atoms with van der Waals surface area (Å²) in [6, 6.07) is 7.71. The van der Waals surface area contributed by atoms with Gasteiger partial charge in [-0.2, -0.15) is 12.7 Å². The van der Waals surface area contributed by atoms with Crippen molar-refractivity contribution in [1.82, 2.24) is 9.21 Å². The van der Waals surface area contributed by atoms with Crippen molar-refractivity contribution in [3.8, 4) is 5.75 Å². The number of hydrogen-bond donors (Lipinski definition) is 1. The van der Waals surface area contributed by atoms with E-state index in [0.717, 1.165) is 17.7 Å². The highest BCUT2D eigenvalue weighted by atomic mass is 32.2. The first kappa shape index (κ1) is 15.3.